The van der Waals surface area contributed by atoms with E-state index in [0.717, 1.165) is 0 Å². The van der Waals surface area contributed by atoms with Crippen LogP contribution < -0.4 is 15.3 Å². The standard InChI is InChI=1S/C8H11N2O3PS/c9-14(12,15)10-8(11)6-13-7-4-2-1-3-5-7/h1-5H,6H2,(H4,9,10,11,12,15). The van der Waals surface area contributed by atoms with Crippen LogP contribution in [-0.4, -0.2) is 17.4 Å². The molecule has 1 atom stereocenters. The second-order valence-corrected chi connectivity index (χ2v) is 5.90. The fourth-order valence-electron chi connectivity index (χ4n) is 0.877. The predicted molar refractivity (Wildman–Crippen MR) is 60.8 cm³/mol. The third kappa shape index (κ3) is 5.49. The van der Waals surface area contributed by atoms with E-state index in [-0.39, 0.29) is 6.61 Å². The van der Waals surface area contributed by atoms with E-state index in [9.17, 15) is 4.79 Å². The largest absolute Gasteiger partial charge is 0.484 e. The number of rotatable bonds is 4. The smallest absolute Gasteiger partial charge is 0.264 e. The van der Waals surface area contributed by atoms with Gasteiger partial charge in [-0.25, -0.2) is 0 Å². The molecule has 7 heteroatoms. The lowest BCUT2D eigenvalue weighted by Crippen LogP contribution is -2.28. The van der Waals surface area contributed by atoms with Gasteiger partial charge in [-0.3, -0.25) is 15.4 Å². The second-order valence-electron chi connectivity index (χ2n) is 2.76. The lowest BCUT2D eigenvalue weighted by atomic mass is 10.3. The zero-order valence-corrected chi connectivity index (χ0v) is 9.50. The van der Waals surface area contributed by atoms with Crippen molar-refractivity contribution in [3.63, 3.8) is 0 Å². The van der Waals surface area contributed by atoms with E-state index in [4.69, 9.17) is 15.1 Å². The maximum absolute atomic E-state index is 11.1. The molecule has 82 valence electrons. The van der Waals surface area contributed by atoms with E-state index in [2.05, 4.69) is 16.9 Å². The van der Waals surface area contributed by atoms with Gasteiger partial charge in [-0.2, -0.15) is 0 Å². The quantitative estimate of drug-likeness (QED) is 0.668. The van der Waals surface area contributed by atoms with Gasteiger partial charge in [-0.1, -0.05) is 18.2 Å². The van der Waals surface area contributed by atoms with E-state index in [1.54, 1.807) is 24.3 Å². The highest BCUT2D eigenvalue weighted by atomic mass is 32.4. The Balaban J connectivity index is 2.39. The highest BCUT2D eigenvalue weighted by Gasteiger charge is 2.10. The Kier molecular flexibility index (Phi) is 4.23. The van der Waals surface area contributed by atoms with Crippen LogP contribution in [0.25, 0.3) is 0 Å². The molecule has 0 bridgehead atoms. The molecule has 0 saturated carbocycles. The third-order valence-corrected chi connectivity index (χ3v) is 2.24. The lowest BCUT2D eigenvalue weighted by Gasteiger charge is -2.11. The van der Waals surface area contributed by atoms with Crippen molar-refractivity contribution >= 4 is 24.3 Å². The van der Waals surface area contributed by atoms with Gasteiger partial charge in [0.25, 0.3) is 5.91 Å². The van der Waals surface area contributed by atoms with E-state index >= 15 is 0 Å². The number of ether oxygens (including phenoxy) is 1. The predicted octanol–water partition coefficient (Wildman–Crippen LogP) is 0.357. The first kappa shape index (κ1) is 12.1. The van der Waals surface area contributed by atoms with Gasteiger partial charge in [0, 0.05) is 0 Å². The van der Waals surface area contributed by atoms with Crippen LogP contribution in [0.15, 0.2) is 30.3 Å². The molecule has 0 aliphatic heterocycles. The summed E-state index contributed by atoms with van der Waals surface area (Å²) in [7, 11) is 0. The molecule has 1 amide bonds. The Labute approximate surface area is 92.4 Å². The normalized spacial score (nSPS) is 14.0. The van der Waals surface area contributed by atoms with E-state index in [1.807, 2.05) is 6.07 Å². The summed E-state index contributed by atoms with van der Waals surface area (Å²) >= 11 is 4.45. The van der Waals surface area contributed by atoms with Crippen LogP contribution >= 0.6 is 6.57 Å². The Bertz CT molecular complexity index is 379. The molecule has 1 aromatic rings. The number of carbonyl (C=O) groups is 1. The minimum Gasteiger partial charge on any atom is -0.484 e. The van der Waals surface area contributed by atoms with Gasteiger partial charge < -0.3 is 9.63 Å². The zero-order chi connectivity index (χ0) is 11.3. The van der Waals surface area contributed by atoms with Crippen molar-refractivity contribution in [2.75, 3.05) is 6.61 Å². The number of hydrogen-bond donors (Lipinski definition) is 3. The molecule has 0 aromatic heterocycles. The summed E-state index contributed by atoms with van der Waals surface area (Å²) in [6, 6.07) is 8.83. The van der Waals surface area contributed by atoms with Crippen LogP contribution in [0.1, 0.15) is 0 Å². The molecule has 1 unspecified atom stereocenters. The van der Waals surface area contributed by atoms with E-state index in [0.29, 0.717) is 5.75 Å². The number of amides is 1. The molecule has 0 saturated heterocycles. The van der Waals surface area contributed by atoms with Crippen LogP contribution in [0, 0.1) is 0 Å². The third-order valence-electron chi connectivity index (χ3n) is 1.40. The molecule has 0 aliphatic carbocycles. The van der Waals surface area contributed by atoms with Crippen molar-refractivity contribution in [1.29, 1.82) is 0 Å². The highest BCUT2D eigenvalue weighted by Crippen LogP contribution is 2.22. The number of nitrogens with two attached hydrogens (primary N) is 1. The number of nitrogens with one attached hydrogen (secondary N) is 1. The van der Waals surface area contributed by atoms with Crippen molar-refractivity contribution < 1.29 is 14.4 Å². The Morgan fingerprint density at radius 2 is 2.13 bits per heavy atom. The number of benzene rings is 1. The van der Waals surface area contributed by atoms with Gasteiger partial charge in [-0.05, 0) is 23.9 Å². The van der Waals surface area contributed by atoms with Crippen LogP contribution in [-0.2, 0) is 16.6 Å². The number of carbonyl (C=O) groups excluding carboxylic acids is 1. The molecule has 1 rings (SSSR count). The van der Waals surface area contributed by atoms with Crippen LogP contribution in [0.4, 0.5) is 0 Å². The van der Waals surface area contributed by atoms with Gasteiger partial charge in [0.1, 0.15) is 5.75 Å². The minimum absolute atomic E-state index is 0.222. The van der Waals surface area contributed by atoms with Crippen molar-refractivity contribution in [3.8, 4) is 5.75 Å². The summed E-state index contributed by atoms with van der Waals surface area (Å²) in [6.07, 6.45) is 0. The van der Waals surface area contributed by atoms with Gasteiger partial charge >= 0.3 is 0 Å². The summed E-state index contributed by atoms with van der Waals surface area (Å²) in [4.78, 5) is 20.1. The van der Waals surface area contributed by atoms with Gasteiger partial charge in [0.15, 0.2) is 6.61 Å². The molecule has 0 aliphatic rings. The molecule has 0 heterocycles. The average molecular weight is 246 g/mol. The van der Waals surface area contributed by atoms with Crippen LogP contribution in [0.5, 0.6) is 5.75 Å². The molecule has 1 aromatic carbocycles. The minimum atomic E-state index is -3.19. The topological polar surface area (TPSA) is 84.6 Å². The first-order chi connectivity index (χ1) is 6.97. The summed E-state index contributed by atoms with van der Waals surface area (Å²) in [6.45, 7) is -3.41. The average Bonchev–Trinajstić information content (AvgIpc) is 2.14. The molecule has 0 spiro atoms. The van der Waals surface area contributed by atoms with Crippen molar-refractivity contribution in [3.05, 3.63) is 30.3 Å². The van der Waals surface area contributed by atoms with Crippen molar-refractivity contribution in [2.24, 2.45) is 5.50 Å². The van der Waals surface area contributed by atoms with Crippen LogP contribution in [0.2, 0.25) is 0 Å². The van der Waals surface area contributed by atoms with E-state index in [1.165, 1.54) is 0 Å². The van der Waals surface area contributed by atoms with Crippen molar-refractivity contribution in [2.45, 2.75) is 0 Å². The SMILES string of the molecule is NP(O)(=S)NC(=O)COc1ccccc1. The fraction of sp³-hybridized carbons (Fsp3) is 0.125. The zero-order valence-electron chi connectivity index (χ0n) is 7.79. The monoisotopic (exact) mass is 246 g/mol. The molecule has 15 heavy (non-hydrogen) atoms. The summed E-state index contributed by atoms with van der Waals surface area (Å²) in [5.74, 6) is 0.0306. The maximum Gasteiger partial charge on any atom is 0.264 e. The number of hydrogen-bond acceptors (Lipinski definition) is 3. The second kappa shape index (κ2) is 5.23. The van der Waals surface area contributed by atoms with Gasteiger partial charge in [-0.15, -0.1) is 0 Å². The molecule has 5 nitrogen and oxygen atoms in total. The van der Waals surface area contributed by atoms with Gasteiger partial charge in [0.2, 0.25) is 6.57 Å². The summed E-state index contributed by atoms with van der Waals surface area (Å²) in [5, 5.41) is 2.08. The first-order valence-electron chi connectivity index (χ1n) is 4.08. The van der Waals surface area contributed by atoms with Crippen LogP contribution in [0.3, 0.4) is 0 Å². The van der Waals surface area contributed by atoms with Gasteiger partial charge in [0.05, 0.1) is 0 Å². The van der Waals surface area contributed by atoms with E-state index < -0.39 is 12.5 Å². The summed E-state index contributed by atoms with van der Waals surface area (Å²) < 4.78 is 5.11. The molecule has 4 N–H and O–H groups in total. The Morgan fingerprint density at radius 3 is 2.67 bits per heavy atom. The Morgan fingerprint density at radius 1 is 1.53 bits per heavy atom. The first-order valence-corrected chi connectivity index (χ1v) is 6.90. The molecular weight excluding hydrogens is 235 g/mol. The molecule has 0 radical (unpaired) electrons. The summed E-state index contributed by atoms with van der Waals surface area (Å²) in [5.41, 5.74) is 5.10. The Hall–Kier alpha value is -0.940. The molecular formula is C8H11N2O3PS. The maximum atomic E-state index is 11.1. The number of para-hydroxylation sites is 1. The fourth-order valence-corrected chi connectivity index (χ4v) is 1.60. The molecule has 0 fully saturated rings. The highest BCUT2D eigenvalue weighted by molar-refractivity contribution is 8.09. The van der Waals surface area contributed by atoms with Crippen molar-refractivity contribution in [1.82, 2.24) is 5.09 Å². The lowest BCUT2D eigenvalue weighted by molar-refractivity contribution is -0.121.